The van der Waals surface area contributed by atoms with E-state index in [-0.39, 0.29) is 18.2 Å². The average Bonchev–Trinajstić information content (AvgIpc) is 2.83. The van der Waals surface area contributed by atoms with Crippen LogP contribution in [0.4, 0.5) is 5.69 Å². The van der Waals surface area contributed by atoms with Gasteiger partial charge in [0.15, 0.2) is 11.5 Å². The number of carbonyl (C=O) groups excluding carboxylic acids is 1. The van der Waals surface area contributed by atoms with Gasteiger partial charge in [0, 0.05) is 18.6 Å². The van der Waals surface area contributed by atoms with Crippen molar-refractivity contribution in [3.63, 3.8) is 0 Å². The van der Waals surface area contributed by atoms with Crippen LogP contribution in [-0.4, -0.2) is 23.7 Å². The minimum Gasteiger partial charge on any atom is -0.490 e. The van der Waals surface area contributed by atoms with Crippen LogP contribution in [0.25, 0.3) is 0 Å². The normalized spacial score (nSPS) is 10.7. The molecule has 33 heavy (non-hydrogen) atoms. The lowest BCUT2D eigenvalue weighted by molar-refractivity contribution is -0.384. The van der Waals surface area contributed by atoms with E-state index in [9.17, 15) is 14.9 Å². The molecular formula is C25H25N3O5. The molecule has 0 aliphatic heterocycles. The molecule has 0 spiro atoms. The number of amides is 1. The van der Waals surface area contributed by atoms with E-state index in [2.05, 4.69) is 10.5 Å². The summed E-state index contributed by atoms with van der Waals surface area (Å²) in [5, 5.41) is 14.8. The number of nitro benzene ring substituents is 1. The SMILES string of the molecule is CCOc1cc(/C=N\NC(=O)CCc2ccccc2)ccc1OCc1ccc([N+](=O)[O-])cc1. The van der Waals surface area contributed by atoms with Gasteiger partial charge in [-0.3, -0.25) is 14.9 Å². The summed E-state index contributed by atoms with van der Waals surface area (Å²) in [6.07, 6.45) is 2.54. The van der Waals surface area contributed by atoms with Crippen LogP contribution in [0.2, 0.25) is 0 Å². The summed E-state index contributed by atoms with van der Waals surface area (Å²) in [7, 11) is 0. The van der Waals surface area contributed by atoms with Crippen molar-refractivity contribution in [2.24, 2.45) is 5.10 Å². The van der Waals surface area contributed by atoms with Crippen LogP contribution < -0.4 is 14.9 Å². The first-order valence-electron chi connectivity index (χ1n) is 10.5. The number of hydrogen-bond donors (Lipinski definition) is 1. The van der Waals surface area contributed by atoms with E-state index in [1.54, 1.807) is 36.5 Å². The van der Waals surface area contributed by atoms with Gasteiger partial charge in [-0.15, -0.1) is 0 Å². The van der Waals surface area contributed by atoms with Crippen LogP contribution in [0.1, 0.15) is 30.0 Å². The van der Waals surface area contributed by atoms with Crippen molar-refractivity contribution in [1.82, 2.24) is 5.43 Å². The number of carbonyl (C=O) groups is 1. The van der Waals surface area contributed by atoms with E-state index in [1.165, 1.54) is 12.1 Å². The van der Waals surface area contributed by atoms with Crippen molar-refractivity contribution < 1.29 is 19.2 Å². The zero-order valence-corrected chi connectivity index (χ0v) is 18.3. The van der Waals surface area contributed by atoms with E-state index in [1.807, 2.05) is 37.3 Å². The first kappa shape index (κ1) is 23.5. The molecule has 1 N–H and O–H groups in total. The summed E-state index contributed by atoms with van der Waals surface area (Å²) in [6.45, 7) is 2.56. The Balaban J connectivity index is 1.55. The predicted molar refractivity (Wildman–Crippen MR) is 126 cm³/mol. The summed E-state index contributed by atoms with van der Waals surface area (Å²) in [5.41, 5.74) is 5.21. The van der Waals surface area contributed by atoms with Gasteiger partial charge < -0.3 is 9.47 Å². The second-order valence-corrected chi connectivity index (χ2v) is 7.13. The zero-order chi connectivity index (χ0) is 23.5. The maximum atomic E-state index is 12.0. The number of ether oxygens (including phenoxy) is 2. The van der Waals surface area contributed by atoms with E-state index < -0.39 is 4.92 Å². The Labute approximate surface area is 192 Å². The number of nitrogens with one attached hydrogen (secondary N) is 1. The summed E-state index contributed by atoms with van der Waals surface area (Å²) >= 11 is 0. The van der Waals surface area contributed by atoms with Crippen molar-refractivity contribution in [2.45, 2.75) is 26.4 Å². The molecule has 3 aromatic rings. The number of nitrogens with zero attached hydrogens (tertiary/aromatic N) is 2. The highest BCUT2D eigenvalue weighted by Crippen LogP contribution is 2.29. The Hall–Kier alpha value is -4.20. The smallest absolute Gasteiger partial charge is 0.269 e. The van der Waals surface area contributed by atoms with Crippen LogP contribution in [-0.2, 0) is 17.8 Å². The molecule has 8 heteroatoms. The first-order valence-corrected chi connectivity index (χ1v) is 10.5. The maximum Gasteiger partial charge on any atom is 0.269 e. The summed E-state index contributed by atoms with van der Waals surface area (Å²) in [5.74, 6) is 0.918. The maximum absolute atomic E-state index is 12.0. The highest BCUT2D eigenvalue weighted by atomic mass is 16.6. The van der Waals surface area contributed by atoms with E-state index in [0.29, 0.717) is 30.9 Å². The Kier molecular flexibility index (Phi) is 8.53. The number of nitro groups is 1. The van der Waals surface area contributed by atoms with Crippen molar-refractivity contribution in [2.75, 3.05) is 6.61 Å². The van der Waals surface area contributed by atoms with Gasteiger partial charge in [-0.25, -0.2) is 5.43 Å². The van der Waals surface area contributed by atoms with Crippen LogP contribution >= 0.6 is 0 Å². The number of hydrogen-bond acceptors (Lipinski definition) is 6. The van der Waals surface area contributed by atoms with Gasteiger partial charge in [-0.1, -0.05) is 30.3 Å². The highest BCUT2D eigenvalue weighted by Gasteiger charge is 2.08. The number of benzene rings is 3. The minimum absolute atomic E-state index is 0.0320. The minimum atomic E-state index is -0.441. The topological polar surface area (TPSA) is 103 Å². The van der Waals surface area contributed by atoms with Crippen LogP contribution in [0.15, 0.2) is 77.9 Å². The van der Waals surface area contributed by atoms with Crippen molar-refractivity contribution >= 4 is 17.8 Å². The molecule has 3 aromatic carbocycles. The standard InChI is InChI=1S/C25H25N3O5/c1-2-32-24-16-21(17-26-27-25(29)15-11-19-6-4-3-5-7-19)10-14-23(24)33-18-20-8-12-22(13-9-20)28(30)31/h3-10,12-14,16-17H,2,11,15,18H2,1H3,(H,27,29)/b26-17-. The van der Waals surface area contributed by atoms with Gasteiger partial charge in [0.25, 0.3) is 5.69 Å². The predicted octanol–water partition coefficient (Wildman–Crippen LogP) is 4.66. The highest BCUT2D eigenvalue weighted by molar-refractivity contribution is 5.83. The molecule has 0 atom stereocenters. The Morgan fingerprint density at radius 2 is 1.76 bits per heavy atom. The van der Waals surface area contributed by atoms with Crippen LogP contribution in [0, 0.1) is 10.1 Å². The van der Waals surface area contributed by atoms with Gasteiger partial charge in [0.05, 0.1) is 17.7 Å². The van der Waals surface area contributed by atoms with Crippen LogP contribution in [0.3, 0.4) is 0 Å². The van der Waals surface area contributed by atoms with Gasteiger partial charge in [-0.05, 0) is 60.4 Å². The molecule has 3 rings (SSSR count). The van der Waals surface area contributed by atoms with E-state index in [4.69, 9.17) is 9.47 Å². The molecule has 0 saturated heterocycles. The Morgan fingerprint density at radius 3 is 2.45 bits per heavy atom. The van der Waals surface area contributed by atoms with Gasteiger partial charge in [0.1, 0.15) is 6.61 Å². The largest absolute Gasteiger partial charge is 0.490 e. The fourth-order valence-electron chi connectivity index (χ4n) is 3.00. The molecular weight excluding hydrogens is 422 g/mol. The third kappa shape index (κ3) is 7.46. The summed E-state index contributed by atoms with van der Waals surface area (Å²) < 4.78 is 11.5. The molecule has 1 amide bonds. The molecule has 0 aromatic heterocycles. The third-order valence-electron chi connectivity index (χ3n) is 4.70. The lowest BCUT2D eigenvalue weighted by Crippen LogP contribution is -2.17. The first-order chi connectivity index (χ1) is 16.0. The number of rotatable bonds is 11. The average molecular weight is 447 g/mol. The Morgan fingerprint density at radius 1 is 1.00 bits per heavy atom. The van der Waals surface area contributed by atoms with Crippen molar-refractivity contribution in [1.29, 1.82) is 0 Å². The number of hydrazone groups is 1. The molecule has 0 radical (unpaired) electrons. The molecule has 0 heterocycles. The third-order valence-corrected chi connectivity index (χ3v) is 4.70. The molecule has 0 aliphatic carbocycles. The van der Waals surface area contributed by atoms with Gasteiger partial charge in [0.2, 0.25) is 5.91 Å². The van der Waals surface area contributed by atoms with Gasteiger partial charge in [-0.2, -0.15) is 5.10 Å². The summed E-state index contributed by atoms with van der Waals surface area (Å²) in [4.78, 5) is 22.3. The zero-order valence-electron chi connectivity index (χ0n) is 18.3. The lowest BCUT2D eigenvalue weighted by atomic mass is 10.1. The van der Waals surface area contributed by atoms with Crippen molar-refractivity contribution in [3.8, 4) is 11.5 Å². The lowest BCUT2D eigenvalue weighted by Gasteiger charge is -2.12. The molecule has 8 nitrogen and oxygen atoms in total. The van der Waals surface area contributed by atoms with Crippen LogP contribution in [0.5, 0.6) is 11.5 Å². The fraction of sp³-hybridized carbons (Fsp3) is 0.200. The molecule has 170 valence electrons. The quantitative estimate of drug-likeness (QED) is 0.262. The van der Waals surface area contributed by atoms with Crippen molar-refractivity contribution in [3.05, 3.63) is 99.6 Å². The summed E-state index contributed by atoms with van der Waals surface area (Å²) in [6, 6.07) is 21.3. The second-order valence-electron chi connectivity index (χ2n) is 7.13. The number of aryl methyl sites for hydroxylation is 1. The molecule has 0 fully saturated rings. The van der Waals surface area contributed by atoms with Gasteiger partial charge >= 0.3 is 0 Å². The molecule has 0 saturated carbocycles. The molecule has 0 aliphatic rings. The molecule has 0 bridgehead atoms. The number of non-ortho nitro benzene ring substituents is 1. The Bertz CT molecular complexity index is 1100. The van der Waals surface area contributed by atoms with E-state index in [0.717, 1.165) is 16.7 Å². The fourth-order valence-corrected chi connectivity index (χ4v) is 3.00. The van der Waals surface area contributed by atoms with E-state index >= 15 is 0 Å². The second kappa shape index (κ2) is 12.0. The molecule has 0 unspecified atom stereocenters. The monoisotopic (exact) mass is 447 g/mol.